The summed E-state index contributed by atoms with van der Waals surface area (Å²) in [6.07, 6.45) is 6.67. The molecule has 1 aromatic carbocycles. The summed E-state index contributed by atoms with van der Waals surface area (Å²) in [6.45, 7) is 1.90. The van der Waals surface area contributed by atoms with Gasteiger partial charge < -0.3 is 15.8 Å². The van der Waals surface area contributed by atoms with E-state index in [0.717, 1.165) is 25.5 Å². The molecule has 22 heavy (non-hydrogen) atoms. The number of ether oxygens (including phenoxy) is 1. The number of benzene rings is 1. The van der Waals surface area contributed by atoms with Gasteiger partial charge in [0.1, 0.15) is 0 Å². The highest BCUT2D eigenvalue weighted by molar-refractivity contribution is 5.92. The van der Waals surface area contributed by atoms with Crippen molar-refractivity contribution in [3.63, 3.8) is 0 Å². The molecule has 3 N–H and O–H groups in total. The Labute approximate surface area is 131 Å². The van der Waals surface area contributed by atoms with Crippen LogP contribution in [0.1, 0.15) is 41.6 Å². The predicted octanol–water partition coefficient (Wildman–Crippen LogP) is 1.88. The van der Waals surface area contributed by atoms with Gasteiger partial charge in [-0.3, -0.25) is 4.79 Å². The quantitative estimate of drug-likeness (QED) is 0.872. The number of primary amides is 1. The molecule has 3 atom stereocenters. The first-order valence-electron chi connectivity index (χ1n) is 8.44. The Hall–Kier alpha value is -1.39. The normalized spacial score (nSPS) is 31.4. The molecular weight excluding hydrogens is 276 g/mol. The van der Waals surface area contributed by atoms with E-state index in [0.29, 0.717) is 23.1 Å². The van der Waals surface area contributed by atoms with Crippen LogP contribution >= 0.6 is 0 Å². The molecule has 2 saturated carbocycles. The third-order valence-electron chi connectivity index (χ3n) is 6.03. The van der Waals surface area contributed by atoms with Crippen LogP contribution in [-0.2, 0) is 11.2 Å². The summed E-state index contributed by atoms with van der Waals surface area (Å²) in [5.41, 5.74) is 7.55. The van der Waals surface area contributed by atoms with Crippen molar-refractivity contribution in [2.75, 3.05) is 13.2 Å². The molecule has 0 unspecified atom stereocenters. The van der Waals surface area contributed by atoms with Gasteiger partial charge in [0.15, 0.2) is 0 Å². The van der Waals surface area contributed by atoms with E-state index in [1.807, 2.05) is 12.1 Å². The Morgan fingerprint density at radius 2 is 2.27 bits per heavy atom. The highest BCUT2D eigenvalue weighted by atomic mass is 16.5. The number of hydrogen-bond donors (Lipinski definition) is 2. The zero-order valence-electron chi connectivity index (χ0n) is 12.9. The molecule has 3 aliphatic rings. The van der Waals surface area contributed by atoms with Crippen molar-refractivity contribution in [2.45, 2.75) is 44.2 Å². The number of rotatable bonds is 5. The van der Waals surface area contributed by atoms with E-state index in [4.69, 9.17) is 10.5 Å². The largest absolute Gasteiger partial charge is 0.377 e. The van der Waals surface area contributed by atoms with E-state index in [2.05, 4.69) is 11.4 Å². The highest BCUT2D eigenvalue weighted by Gasteiger charge is 2.66. The Balaban J connectivity index is 1.35. The van der Waals surface area contributed by atoms with E-state index in [9.17, 15) is 4.79 Å². The minimum atomic E-state index is -0.354. The van der Waals surface area contributed by atoms with Crippen molar-refractivity contribution in [2.24, 2.45) is 17.1 Å². The topological polar surface area (TPSA) is 64.4 Å². The molecule has 1 amide bonds. The number of hydrogen-bond acceptors (Lipinski definition) is 3. The standard InChI is InChI=1S/C18H24N2O2/c19-17(21)13-4-1-3-12(11-13)5-9-20-15-14-6-10-22-16(14)18(15)7-2-8-18/h1,3-4,11,14-16,20H,2,5-10H2,(H2,19,21)/t14-,15+,16-/m0/s1. The fourth-order valence-electron chi connectivity index (χ4n) is 4.81. The van der Waals surface area contributed by atoms with Gasteiger partial charge in [0.05, 0.1) is 6.10 Å². The maximum Gasteiger partial charge on any atom is 0.248 e. The molecule has 0 aromatic heterocycles. The average molecular weight is 300 g/mol. The summed E-state index contributed by atoms with van der Waals surface area (Å²) >= 11 is 0. The number of carbonyl (C=O) groups is 1. The zero-order valence-corrected chi connectivity index (χ0v) is 12.9. The van der Waals surface area contributed by atoms with Gasteiger partial charge in [-0.05, 0) is 49.9 Å². The Kier molecular flexibility index (Phi) is 3.46. The number of nitrogens with two attached hydrogens (primary N) is 1. The zero-order chi connectivity index (χ0) is 15.2. The lowest BCUT2D eigenvalue weighted by molar-refractivity contribution is -0.175. The maximum absolute atomic E-state index is 11.2. The first-order chi connectivity index (χ1) is 10.7. The van der Waals surface area contributed by atoms with Crippen LogP contribution in [0.5, 0.6) is 0 Å². The molecule has 4 rings (SSSR count). The number of fused-ring (bicyclic) bond motifs is 2. The van der Waals surface area contributed by atoms with Crippen molar-refractivity contribution >= 4 is 5.91 Å². The molecule has 0 radical (unpaired) electrons. The fraction of sp³-hybridized carbons (Fsp3) is 0.611. The van der Waals surface area contributed by atoms with Crippen molar-refractivity contribution in [3.05, 3.63) is 35.4 Å². The predicted molar refractivity (Wildman–Crippen MR) is 84.6 cm³/mol. The van der Waals surface area contributed by atoms with Gasteiger partial charge in [-0.15, -0.1) is 0 Å². The summed E-state index contributed by atoms with van der Waals surface area (Å²) in [7, 11) is 0. The third-order valence-corrected chi connectivity index (χ3v) is 6.03. The summed E-state index contributed by atoms with van der Waals surface area (Å²) in [4.78, 5) is 11.2. The molecular formula is C18H24N2O2. The van der Waals surface area contributed by atoms with E-state index >= 15 is 0 Å². The van der Waals surface area contributed by atoms with Crippen LogP contribution in [0.25, 0.3) is 0 Å². The van der Waals surface area contributed by atoms with Gasteiger partial charge in [-0.2, -0.15) is 0 Å². The van der Waals surface area contributed by atoms with Gasteiger partial charge in [0, 0.05) is 29.5 Å². The Morgan fingerprint density at radius 3 is 3.00 bits per heavy atom. The van der Waals surface area contributed by atoms with Crippen LogP contribution in [-0.4, -0.2) is 31.2 Å². The van der Waals surface area contributed by atoms with Gasteiger partial charge in [-0.25, -0.2) is 0 Å². The van der Waals surface area contributed by atoms with Crippen LogP contribution in [0.4, 0.5) is 0 Å². The second-order valence-electron chi connectivity index (χ2n) is 7.08. The lowest BCUT2D eigenvalue weighted by atomic mass is 9.46. The lowest BCUT2D eigenvalue weighted by Crippen LogP contribution is -2.71. The highest BCUT2D eigenvalue weighted by Crippen LogP contribution is 2.62. The van der Waals surface area contributed by atoms with Crippen LogP contribution < -0.4 is 11.1 Å². The van der Waals surface area contributed by atoms with E-state index in [1.54, 1.807) is 6.07 Å². The SMILES string of the molecule is NC(=O)c1cccc(CCN[C@@H]2[C@@H]3CCO[C@@H]3C23CCC3)c1. The Morgan fingerprint density at radius 1 is 1.41 bits per heavy atom. The number of nitrogens with one attached hydrogen (secondary N) is 1. The van der Waals surface area contributed by atoms with Crippen LogP contribution in [0.15, 0.2) is 24.3 Å². The first kappa shape index (κ1) is 14.2. The maximum atomic E-state index is 11.2. The summed E-state index contributed by atoms with van der Waals surface area (Å²) in [5, 5.41) is 3.78. The van der Waals surface area contributed by atoms with Gasteiger partial charge in [0.25, 0.3) is 0 Å². The molecule has 1 aromatic rings. The van der Waals surface area contributed by atoms with E-state index in [1.165, 1.54) is 31.2 Å². The van der Waals surface area contributed by atoms with E-state index < -0.39 is 0 Å². The van der Waals surface area contributed by atoms with Gasteiger partial charge in [0.2, 0.25) is 5.91 Å². The van der Waals surface area contributed by atoms with Crippen LogP contribution in [0.3, 0.4) is 0 Å². The molecule has 118 valence electrons. The second-order valence-corrected chi connectivity index (χ2v) is 7.08. The van der Waals surface area contributed by atoms with Crippen molar-refractivity contribution in [1.82, 2.24) is 5.32 Å². The van der Waals surface area contributed by atoms with Crippen molar-refractivity contribution < 1.29 is 9.53 Å². The minimum Gasteiger partial charge on any atom is -0.377 e. The smallest absolute Gasteiger partial charge is 0.248 e. The fourth-order valence-corrected chi connectivity index (χ4v) is 4.81. The molecule has 2 aliphatic carbocycles. The summed E-state index contributed by atoms with van der Waals surface area (Å²) in [6, 6.07) is 8.29. The van der Waals surface area contributed by atoms with Gasteiger partial charge in [-0.1, -0.05) is 18.6 Å². The Bertz CT molecular complexity index is 582. The monoisotopic (exact) mass is 300 g/mol. The first-order valence-corrected chi connectivity index (χ1v) is 8.44. The molecule has 4 nitrogen and oxygen atoms in total. The van der Waals surface area contributed by atoms with Gasteiger partial charge >= 0.3 is 0 Å². The number of carbonyl (C=O) groups excluding carboxylic acids is 1. The molecule has 1 aliphatic heterocycles. The summed E-state index contributed by atoms with van der Waals surface area (Å²) < 4.78 is 5.96. The van der Waals surface area contributed by atoms with Crippen molar-refractivity contribution in [3.8, 4) is 0 Å². The minimum absolute atomic E-state index is 0.354. The molecule has 0 bridgehead atoms. The number of amides is 1. The molecule has 3 fully saturated rings. The molecule has 1 heterocycles. The van der Waals surface area contributed by atoms with Crippen LogP contribution in [0.2, 0.25) is 0 Å². The second kappa shape index (κ2) is 5.36. The van der Waals surface area contributed by atoms with E-state index in [-0.39, 0.29) is 5.91 Å². The summed E-state index contributed by atoms with van der Waals surface area (Å²) in [5.74, 6) is 0.366. The lowest BCUT2D eigenvalue weighted by Gasteiger charge is -2.63. The third kappa shape index (κ3) is 2.09. The van der Waals surface area contributed by atoms with Crippen molar-refractivity contribution in [1.29, 1.82) is 0 Å². The average Bonchev–Trinajstić information content (AvgIpc) is 2.87. The molecule has 1 spiro atoms. The molecule has 1 saturated heterocycles. The van der Waals surface area contributed by atoms with Crippen LogP contribution in [0, 0.1) is 11.3 Å². The molecule has 4 heteroatoms.